The van der Waals surface area contributed by atoms with E-state index in [9.17, 15) is 8.42 Å². The second-order valence-electron chi connectivity index (χ2n) is 5.31. The zero-order chi connectivity index (χ0) is 11.6. The largest absolute Gasteiger partial charge is 0.325 e. The number of nitrogens with zero attached hydrogens (tertiary/aromatic N) is 1. The Hall–Kier alpha value is -0.130. The van der Waals surface area contributed by atoms with Crippen molar-refractivity contribution in [3.8, 4) is 0 Å². The van der Waals surface area contributed by atoms with Gasteiger partial charge in [0.15, 0.2) is 9.84 Å². The lowest BCUT2D eigenvalue weighted by atomic mass is 9.94. The first kappa shape index (κ1) is 12.3. The Bertz CT molecular complexity index is 320. The van der Waals surface area contributed by atoms with E-state index in [-0.39, 0.29) is 5.54 Å². The smallest absolute Gasteiger partial charge is 0.152 e. The summed E-state index contributed by atoms with van der Waals surface area (Å²) >= 11 is 0. The maximum Gasteiger partial charge on any atom is 0.152 e. The Kier molecular flexibility index (Phi) is 3.56. The molecular formula is C11H22N2O2S. The van der Waals surface area contributed by atoms with E-state index in [1.807, 2.05) is 0 Å². The standard InChI is InChI=1S/C11H22N2O2S/c12-11(3-1-2-4-11)5-6-13-7-9-16(14,15)10-8-13/h1-10,12H2. The van der Waals surface area contributed by atoms with Gasteiger partial charge < -0.3 is 10.6 Å². The molecule has 0 amide bonds. The topological polar surface area (TPSA) is 63.4 Å². The SMILES string of the molecule is NC1(CCN2CCS(=O)(=O)CC2)CCCC1. The molecule has 4 nitrogen and oxygen atoms in total. The zero-order valence-corrected chi connectivity index (χ0v) is 10.6. The van der Waals surface area contributed by atoms with Gasteiger partial charge in [0.25, 0.3) is 0 Å². The van der Waals surface area contributed by atoms with Crippen LogP contribution in [0, 0.1) is 0 Å². The average molecular weight is 246 g/mol. The van der Waals surface area contributed by atoms with E-state index in [0.717, 1.165) is 25.8 Å². The average Bonchev–Trinajstić information content (AvgIpc) is 2.64. The quantitative estimate of drug-likeness (QED) is 0.782. The molecule has 0 aromatic heterocycles. The van der Waals surface area contributed by atoms with Crippen LogP contribution in [0.2, 0.25) is 0 Å². The van der Waals surface area contributed by atoms with E-state index in [2.05, 4.69) is 4.90 Å². The molecule has 0 spiro atoms. The molecule has 1 saturated carbocycles. The van der Waals surface area contributed by atoms with Crippen molar-refractivity contribution < 1.29 is 8.42 Å². The summed E-state index contributed by atoms with van der Waals surface area (Å²) in [5.41, 5.74) is 6.32. The predicted octanol–water partition coefficient (Wildman–Crippen LogP) is 0.378. The first-order chi connectivity index (χ1) is 7.49. The molecule has 0 aromatic carbocycles. The summed E-state index contributed by atoms with van der Waals surface area (Å²) in [5.74, 6) is 0.648. The Labute approximate surface area is 98.1 Å². The minimum atomic E-state index is -2.74. The molecular weight excluding hydrogens is 224 g/mol. The molecule has 94 valence electrons. The van der Waals surface area contributed by atoms with Crippen LogP contribution in [0.4, 0.5) is 0 Å². The van der Waals surface area contributed by atoms with Gasteiger partial charge in [0.1, 0.15) is 0 Å². The molecule has 0 atom stereocenters. The minimum absolute atomic E-state index is 0.0380. The fourth-order valence-electron chi connectivity index (χ4n) is 2.68. The van der Waals surface area contributed by atoms with Gasteiger partial charge in [-0.15, -0.1) is 0 Å². The number of hydrogen-bond donors (Lipinski definition) is 1. The van der Waals surface area contributed by atoms with Crippen LogP contribution < -0.4 is 5.73 Å². The Morgan fingerprint density at radius 3 is 2.25 bits per heavy atom. The highest BCUT2D eigenvalue weighted by Gasteiger charge is 2.30. The number of rotatable bonds is 3. The van der Waals surface area contributed by atoms with Crippen molar-refractivity contribution in [1.82, 2.24) is 4.90 Å². The zero-order valence-electron chi connectivity index (χ0n) is 9.82. The van der Waals surface area contributed by atoms with Crippen molar-refractivity contribution in [1.29, 1.82) is 0 Å². The molecule has 5 heteroatoms. The molecule has 0 bridgehead atoms. The van der Waals surface area contributed by atoms with Crippen molar-refractivity contribution >= 4 is 9.84 Å². The van der Waals surface area contributed by atoms with Gasteiger partial charge in [-0.2, -0.15) is 0 Å². The van der Waals surface area contributed by atoms with E-state index in [4.69, 9.17) is 5.73 Å². The van der Waals surface area contributed by atoms with Crippen molar-refractivity contribution in [3.05, 3.63) is 0 Å². The second kappa shape index (κ2) is 4.63. The fourth-order valence-corrected chi connectivity index (χ4v) is 3.96. The summed E-state index contributed by atoms with van der Waals surface area (Å²) in [4.78, 5) is 2.24. The first-order valence-electron chi connectivity index (χ1n) is 6.21. The lowest BCUT2D eigenvalue weighted by Gasteiger charge is -2.31. The van der Waals surface area contributed by atoms with Gasteiger partial charge in [0, 0.05) is 18.6 Å². The highest BCUT2D eigenvalue weighted by Crippen LogP contribution is 2.30. The van der Waals surface area contributed by atoms with Gasteiger partial charge in [-0.05, 0) is 25.8 Å². The van der Waals surface area contributed by atoms with E-state index in [0.29, 0.717) is 24.6 Å². The maximum atomic E-state index is 11.3. The molecule has 1 aliphatic heterocycles. The van der Waals surface area contributed by atoms with Crippen LogP contribution >= 0.6 is 0 Å². The van der Waals surface area contributed by atoms with Crippen LogP contribution in [-0.4, -0.2) is 50.0 Å². The van der Waals surface area contributed by atoms with Crippen molar-refractivity contribution in [2.75, 3.05) is 31.1 Å². The Balaban J connectivity index is 1.75. The van der Waals surface area contributed by atoms with Gasteiger partial charge in [-0.1, -0.05) is 12.8 Å². The van der Waals surface area contributed by atoms with Crippen LogP contribution in [0.25, 0.3) is 0 Å². The first-order valence-corrected chi connectivity index (χ1v) is 8.03. The molecule has 0 aromatic rings. The van der Waals surface area contributed by atoms with Crippen molar-refractivity contribution in [2.24, 2.45) is 5.73 Å². The lowest BCUT2D eigenvalue weighted by Crippen LogP contribution is -2.45. The number of hydrogen-bond acceptors (Lipinski definition) is 4. The van der Waals surface area contributed by atoms with Crippen LogP contribution in [0.15, 0.2) is 0 Å². The summed E-state index contributed by atoms with van der Waals surface area (Å²) in [5, 5.41) is 0. The molecule has 1 aliphatic carbocycles. The number of nitrogens with two attached hydrogens (primary N) is 1. The van der Waals surface area contributed by atoms with E-state index < -0.39 is 9.84 Å². The molecule has 2 rings (SSSR count). The highest BCUT2D eigenvalue weighted by atomic mass is 32.2. The molecule has 2 fully saturated rings. The van der Waals surface area contributed by atoms with Crippen molar-refractivity contribution in [2.45, 2.75) is 37.6 Å². The summed E-state index contributed by atoms with van der Waals surface area (Å²) in [7, 11) is -2.74. The summed E-state index contributed by atoms with van der Waals surface area (Å²) in [6, 6.07) is 0. The molecule has 2 N–H and O–H groups in total. The minimum Gasteiger partial charge on any atom is -0.325 e. The van der Waals surface area contributed by atoms with Gasteiger partial charge in [0.05, 0.1) is 11.5 Å². The Morgan fingerprint density at radius 1 is 1.12 bits per heavy atom. The molecule has 0 radical (unpaired) electrons. The molecule has 2 aliphatic rings. The van der Waals surface area contributed by atoms with Crippen LogP contribution in [0.3, 0.4) is 0 Å². The number of sulfone groups is 1. The summed E-state index contributed by atoms with van der Waals surface area (Å²) < 4.78 is 22.5. The fraction of sp³-hybridized carbons (Fsp3) is 1.00. The van der Waals surface area contributed by atoms with Gasteiger partial charge in [-0.25, -0.2) is 8.42 Å². The third-order valence-corrected chi connectivity index (χ3v) is 5.57. The van der Waals surface area contributed by atoms with Crippen LogP contribution in [0.1, 0.15) is 32.1 Å². The predicted molar refractivity (Wildman–Crippen MR) is 65.1 cm³/mol. The van der Waals surface area contributed by atoms with Gasteiger partial charge in [-0.3, -0.25) is 0 Å². The second-order valence-corrected chi connectivity index (χ2v) is 7.62. The van der Waals surface area contributed by atoms with Gasteiger partial charge >= 0.3 is 0 Å². The van der Waals surface area contributed by atoms with E-state index >= 15 is 0 Å². The van der Waals surface area contributed by atoms with Crippen LogP contribution in [0.5, 0.6) is 0 Å². The maximum absolute atomic E-state index is 11.3. The van der Waals surface area contributed by atoms with Crippen LogP contribution in [-0.2, 0) is 9.84 Å². The van der Waals surface area contributed by atoms with Gasteiger partial charge in [0.2, 0.25) is 0 Å². The lowest BCUT2D eigenvalue weighted by molar-refractivity contribution is 0.254. The Morgan fingerprint density at radius 2 is 1.69 bits per heavy atom. The third kappa shape index (κ3) is 3.18. The molecule has 16 heavy (non-hydrogen) atoms. The third-order valence-electron chi connectivity index (χ3n) is 3.96. The summed E-state index contributed by atoms with van der Waals surface area (Å²) in [6.45, 7) is 2.35. The molecule has 1 heterocycles. The van der Waals surface area contributed by atoms with Crippen molar-refractivity contribution in [3.63, 3.8) is 0 Å². The molecule has 0 unspecified atom stereocenters. The van der Waals surface area contributed by atoms with E-state index in [1.165, 1.54) is 12.8 Å². The molecule has 1 saturated heterocycles. The highest BCUT2D eigenvalue weighted by molar-refractivity contribution is 7.91. The normalized spacial score (nSPS) is 29.3. The van der Waals surface area contributed by atoms with E-state index in [1.54, 1.807) is 0 Å². The summed E-state index contributed by atoms with van der Waals surface area (Å²) in [6.07, 6.45) is 5.81. The monoisotopic (exact) mass is 246 g/mol.